The van der Waals surface area contributed by atoms with Gasteiger partial charge in [0.25, 0.3) is 0 Å². The van der Waals surface area contributed by atoms with Crippen LogP contribution in [0.5, 0.6) is 0 Å². The molecule has 0 rings (SSSR count). The summed E-state index contributed by atoms with van der Waals surface area (Å²) >= 11 is 0. The van der Waals surface area contributed by atoms with Crippen LogP contribution in [0.3, 0.4) is 0 Å². The molecule has 0 aliphatic heterocycles. The molecule has 262 valence electrons. The summed E-state index contributed by atoms with van der Waals surface area (Å²) in [5, 5.41) is 8.81. The molecular weight excluding hydrogens is 556 g/mol. The van der Waals surface area contributed by atoms with Gasteiger partial charge in [-0.15, -0.1) is 0 Å². The van der Waals surface area contributed by atoms with Crippen LogP contribution >= 0.6 is 0 Å². The maximum Gasteiger partial charge on any atom is 0.306 e. The lowest BCUT2D eigenvalue weighted by molar-refractivity contribution is -0.150. The lowest BCUT2D eigenvalue weighted by Crippen LogP contribution is -2.18. The highest BCUT2D eigenvalue weighted by Crippen LogP contribution is 2.19. The number of carbonyl (C=O) groups is 2. The van der Waals surface area contributed by atoms with Crippen molar-refractivity contribution in [3.63, 3.8) is 0 Å². The normalized spacial score (nSPS) is 12.6. The smallest absolute Gasteiger partial charge is 0.306 e. The van der Waals surface area contributed by atoms with Crippen LogP contribution in [-0.2, 0) is 14.3 Å². The molecule has 4 nitrogen and oxygen atoms in total. The van der Waals surface area contributed by atoms with Crippen molar-refractivity contribution in [1.29, 1.82) is 0 Å². The zero-order valence-corrected chi connectivity index (χ0v) is 29.9. The molecule has 0 radical (unpaired) electrons. The SMILES string of the molecule is CC/C=C\C/C=C\C/C=C\CCCCCC(=O)OC(CCCCCCCCCCCCCCCC)CCCCCCCC(=O)O. The molecule has 0 saturated carbocycles. The van der Waals surface area contributed by atoms with Crippen LogP contribution in [0, 0.1) is 0 Å². The number of esters is 1. The largest absolute Gasteiger partial charge is 0.481 e. The summed E-state index contributed by atoms with van der Waals surface area (Å²) in [5.74, 6) is -0.727. The Morgan fingerprint density at radius 1 is 0.511 bits per heavy atom. The van der Waals surface area contributed by atoms with Gasteiger partial charge in [0.05, 0.1) is 0 Å². The molecule has 0 aromatic rings. The maximum atomic E-state index is 12.6. The van der Waals surface area contributed by atoms with Crippen molar-refractivity contribution < 1.29 is 19.4 Å². The molecule has 0 heterocycles. The van der Waals surface area contributed by atoms with Crippen LogP contribution in [0.2, 0.25) is 0 Å². The minimum absolute atomic E-state index is 0.0235. The molecule has 0 aromatic heterocycles. The van der Waals surface area contributed by atoms with Gasteiger partial charge in [0.2, 0.25) is 0 Å². The van der Waals surface area contributed by atoms with Crippen LogP contribution in [0.25, 0.3) is 0 Å². The van der Waals surface area contributed by atoms with Crippen LogP contribution < -0.4 is 0 Å². The number of hydrogen-bond acceptors (Lipinski definition) is 3. The van der Waals surface area contributed by atoms with Gasteiger partial charge < -0.3 is 9.84 Å². The zero-order valence-electron chi connectivity index (χ0n) is 29.9. The highest BCUT2D eigenvalue weighted by molar-refractivity contribution is 5.69. The summed E-state index contributed by atoms with van der Waals surface area (Å²) in [6, 6.07) is 0. The Morgan fingerprint density at radius 2 is 0.933 bits per heavy atom. The van der Waals surface area contributed by atoms with E-state index in [1.165, 1.54) is 83.5 Å². The first-order valence-corrected chi connectivity index (χ1v) is 19.5. The van der Waals surface area contributed by atoms with Crippen molar-refractivity contribution in [2.45, 2.75) is 213 Å². The molecule has 1 N–H and O–H groups in total. The standard InChI is InChI=1S/C41H74O4/c1-3-5-7-9-11-13-15-17-19-20-22-24-27-31-35-39(36-32-28-26-29-33-37-40(42)43)45-41(44)38-34-30-25-23-21-18-16-14-12-10-8-6-4-2/h6,8,12,14,18,21,39H,3-5,7,9-11,13,15-17,19-20,22-38H2,1-2H3,(H,42,43)/b8-6-,14-12-,21-18-. The van der Waals surface area contributed by atoms with Crippen LogP contribution in [0.15, 0.2) is 36.5 Å². The fraction of sp³-hybridized carbons (Fsp3) is 0.805. The van der Waals surface area contributed by atoms with E-state index in [0.717, 1.165) is 96.3 Å². The van der Waals surface area contributed by atoms with Crippen molar-refractivity contribution in [3.8, 4) is 0 Å². The Kier molecular flexibility index (Phi) is 35.1. The third-order valence-corrected chi connectivity index (χ3v) is 8.63. The number of ether oxygens (including phenoxy) is 1. The maximum absolute atomic E-state index is 12.6. The van der Waals surface area contributed by atoms with Crippen molar-refractivity contribution in [3.05, 3.63) is 36.5 Å². The van der Waals surface area contributed by atoms with E-state index in [9.17, 15) is 9.59 Å². The van der Waals surface area contributed by atoms with Crippen molar-refractivity contribution in [2.75, 3.05) is 0 Å². The Balaban J connectivity index is 4.09. The number of hydrogen-bond donors (Lipinski definition) is 1. The van der Waals surface area contributed by atoms with Crippen molar-refractivity contribution >= 4 is 11.9 Å². The monoisotopic (exact) mass is 631 g/mol. The average Bonchev–Trinajstić information content (AvgIpc) is 3.02. The number of carbonyl (C=O) groups excluding carboxylic acids is 1. The minimum Gasteiger partial charge on any atom is -0.481 e. The van der Waals surface area contributed by atoms with Crippen LogP contribution in [-0.4, -0.2) is 23.1 Å². The number of carboxylic acid groups (broad SMARTS) is 1. The molecule has 0 aliphatic rings. The van der Waals surface area contributed by atoms with E-state index < -0.39 is 5.97 Å². The van der Waals surface area contributed by atoms with Gasteiger partial charge in [-0.25, -0.2) is 0 Å². The molecule has 45 heavy (non-hydrogen) atoms. The lowest BCUT2D eigenvalue weighted by atomic mass is 10.0. The lowest BCUT2D eigenvalue weighted by Gasteiger charge is -2.18. The molecule has 1 unspecified atom stereocenters. The predicted octanol–water partition coefficient (Wildman–Crippen LogP) is 13.4. The first kappa shape index (κ1) is 43.2. The second kappa shape index (κ2) is 36.6. The van der Waals surface area contributed by atoms with Gasteiger partial charge in [-0.3, -0.25) is 9.59 Å². The first-order valence-electron chi connectivity index (χ1n) is 19.5. The zero-order chi connectivity index (χ0) is 32.9. The number of aliphatic carboxylic acids is 1. The third kappa shape index (κ3) is 36.5. The molecule has 0 aliphatic carbocycles. The van der Waals surface area contributed by atoms with Gasteiger partial charge in [-0.1, -0.05) is 159 Å². The van der Waals surface area contributed by atoms with Gasteiger partial charge in [0.15, 0.2) is 0 Å². The van der Waals surface area contributed by atoms with E-state index in [-0.39, 0.29) is 18.5 Å². The van der Waals surface area contributed by atoms with E-state index in [1.54, 1.807) is 0 Å². The number of carboxylic acids is 1. The molecule has 0 amide bonds. The molecular formula is C41H74O4. The van der Waals surface area contributed by atoms with E-state index in [0.29, 0.717) is 6.42 Å². The molecule has 0 saturated heterocycles. The molecule has 0 fully saturated rings. The molecule has 0 aromatic carbocycles. The Hall–Kier alpha value is -1.84. The summed E-state index contributed by atoms with van der Waals surface area (Å²) in [6.45, 7) is 4.44. The second-order valence-electron chi connectivity index (χ2n) is 13.1. The third-order valence-electron chi connectivity index (χ3n) is 8.63. The van der Waals surface area contributed by atoms with Crippen LogP contribution in [0.4, 0.5) is 0 Å². The second-order valence-corrected chi connectivity index (χ2v) is 13.1. The summed E-state index contributed by atoms with van der Waals surface area (Å²) < 4.78 is 5.99. The number of unbranched alkanes of at least 4 members (excludes halogenated alkanes) is 20. The van der Waals surface area contributed by atoms with Crippen molar-refractivity contribution in [1.82, 2.24) is 0 Å². The quantitative estimate of drug-likeness (QED) is 0.0430. The van der Waals surface area contributed by atoms with E-state index in [4.69, 9.17) is 9.84 Å². The van der Waals surface area contributed by atoms with Gasteiger partial charge in [-0.2, -0.15) is 0 Å². The summed E-state index contributed by atoms with van der Waals surface area (Å²) in [4.78, 5) is 23.3. The van der Waals surface area contributed by atoms with E-state index in [1.807, 2.05) is 0 Å². The number of rotatable bonds is 35. The van der Waals surface area contributed by atoms with Crippen LogP contribution in [0.1, 0.15) is 206 Å². The highest BCUT2D eigenvalue weighted by atomic mass is 16.5. The topological polar surface area (TPSA) is 63.6 Å². The summed E-state index contributed by atoms with van der Waals surface area (Å²) in [7, 11) is 0. The number of allylic oxidation sites excluding steroid dienone is 6. The molecule has 4 heteroatoms. The fourth-order valence-corrected chi connectivity index (χ4v) is 5.79. The molecule has 1 atom stereocenters. The van der Waals surface area contributed by atoms with E-state index >= 15 is 0 Å². The predicted molar refractivity (Wildman–Crippen MR) is 195 cm³/mol. The fourth-order valence-electron chi connectivity index (χ4n) is 5.79. The Labute approximate surface area is 279 Å². The average molecular weight is 631 g/mol. The summed E-state index contributed by atoms with van der Waals surface area (Å²) in [5.41, 5.74) is 0. The van der Waals surface area contributed by atoms with Gasteiger partial charge in [0.1, 0.15) is 6.10 Å². The molecule has 0 bridgehead atoms. The van der Waals surface area contributed by atoms with E-state index in [2.05, 4.69) is 50.3 Å². The minimum atomic E-state index is -0.703. The van der Waals surface area contributed by atoms with Gasteiger partial charge >= 0.3 is 11.9 Å². The Morgan fingerprint density at radius 3 is 1.44 bits per heavy atom. The van der Waals surface area contributed by atoms with Gasteiger partial charge in [0, 0.05) is 12.8 Å². The Bertz CT molecular complexity index is 723. The first-order chi connectivity index (χ1) is 22.1. The summed E-state index contributed by atoms with van der Waals surface area (Å²) in [6.07, 6.45) is 47.3. The van der Waals surface area contributed by atoms with Crippen molar-refractivity contribution in [2.24, 2.45) is 0 Å². The highest BCUT2D eigenvalue weighted by Gasteiger charge is 2.14. The van der Waals surface area contributed by atoms with Gasteiger partial charge in [-0.05, 0) is 70.6 Å². The molecule has 0 spiro atoms.